The van der Waals surface area contributed by atoms with E-state index >= 15 is 0 Å². The average molecular weight is 262 g/mol. The van der Waals surface area contributed by atoms with Crippen molar-refractivity contribution in [3.8, 4) is 11.1 Å². The average Bonchev–Trinajstić information content (AvgIpc) is 2.20. The molecule has 0 fully saturated rings. The third kappa shape index (κ3) is 2.26. The van der Waals surface area contributed by atoms with Gasteiger partial charge in [-0.1, -0.05) is 34.1 Å². The normalized spacial score (nSPS) is 10.3. The Balaban J connectivity index is 2.49. The Morgan fingerprint density at radius 2 is 1.60 bits per heavy atom. The fourth-order valence-electron chi connectivity index (χ4n) is 1.62. The fourth-order valence-corrected chi connectivity index (χ4v) is 1.89. The second kappa shape index (κ2) is 4.15. The van der Waals surface area contributed by atoms with Crippen molar-refractivity contribution in [3.63, 3.8) is 0 Å². The summed E-state index contributed by atoms with van der Waals surface area (Å²) in [5.41, 5.74) is 4.56. The highest BCUT2D eigenvalue weighted by molar-refractivity contribution is 9.10. The van der Waals surface area contributed by atoms with Crippen molar-refractivity contribution in [2.24, 2.45) is 0 Å². The van der Waals surface area contributed by atoms with E-state index in [-0.39, 0.29) is 0 Å². The molecule has 0 atom stereocenters. The molecule has 0 amide bonds. The lowest BCUT2D eigenvalue weighted by atomic mass is 10.0. The largest absolute Gasteiger partial charge is 0.258 e. The second-order valence-electron chi connectivity index (χ2n) is 3.59. The van der Waals surface area contributed by atoms with E-state index in [2.05, 4.69) is 51.2 Å². The number of aryl methyl sites for hydroxylation is 2. The summed E-state index contributed by atoms with van der Waals surface area (Å²) in [6.45, 7) is 4.06. The maximum atomic E-state index is 4.46. The predicted octanol–water partition coefficient (Wildman–Crippen LogP) is 4.13. The van der Waals surface area contributed by atoms with Crippen LogP contribution in [-0.2, 0) is 0 Å². The van der Waals surface area contributed by atoms with Gasteiger partial charge >= 0.3 is 0 Å². The molecule has 1 nitrogen and oxygen atoms in total. The zero-order chi connectivity index (χ0) is 10.8. The lowest BCUT2D eigenvalue weighted by molar-refractivity contribution is 1.13. The van der Waals surface area contributed by atoms with Crippen LogP contribution in [0.2, 0.25) is 0 Å². The lowest BCUT2D eigenvalue weighted by Crippen LogP contribution is -1.89. The summed E-state index contributed by atoms with van der Waals surface area (Å²) in [7, 11) is 0. The molecule has 0 aliphatic carbocycles. The second-order valence-corrected chi connectivity index (χ2v) is 4.51. The molecule has 1 aromatic carbocycles. The first-order valence-corrected chi connectivity index (χ1v) is 5.66. The minimum absolute atomic E-state index is 1.06. The zero-order valence-corrected chi connectivity index (χ0v) is 10.4. The van der Waals surface area contributed by atoms with Crippen LogP contribution < -0.4 is 0 Å². The lowest BCUT2D eigenvalue weighted by Gasteiger charge is -2.06. The minimum Gasteiger partial charge on any atom is -0.258 e. The van der Waals surface area contributed by atoms with E-state index in [0.717, 1.165) is 15.9 Å². The molecule has 76 valence electrons. The van der Waals surface area contributed by atoms with Crippen LogP contribution in [-0.4, -0.2) is 4.98 Å². The first kappa shape index (κ1) is 10.4. The highest BCUT2D eigenvalue weighted by Gasteiger charge is 2.02. The van der Waals surface area contributed by atoms with Gasteiger partial charge in [-0.25, -0.2) is 0 Å². The Morgan fingerprint density at radius 1 is 0.933 bits per heavy atom. The zero-order valence-electron chi connectivity index (χ0n) is 8.79. The molecule has 0 spiro atoms. The van der Waals surface area contributed by atoms with Gasteiger partial charge in [-0.15, -0.1) is 0 Å². The molecule has 0 aliphatic rings. The summed E-state index contributed by atoms with van der Waals surface area (Å²) in [6.07, 6.45) is 0. The summed E-state index contributed by atoms with van der Waals surface area (Å²) in [6, 6.07) is 12.5. The monoisotopic (exact) mass is 261 g/mol. The topological polar surface area (TPSA) is 12.9 Å². The number of hydrogen-bond donors (Lipinski definition) is 0. The number of hydrogen-bond acceptors (Lipinski definition) is 1. The molecule has 1 aromatic heterocycles. The predicted molar refractivity (Wildman–Crippen MR) is 66.8 cm³/mol. The molecular formula is C13H12BrN. The van der Waals surface area contributed by atoms with Crippen molar-refractivity contribution in [2.45, 2.75) is 13.8 Å². The van der Waals surface area contributed by atoms with Crippen molar-refractivity contribution in [1.29, 1.82) is 0 Å². The van der Waals surface area contributed by atoms with Crippen LogP contribution >= 0.6 is 15.9 Å². The number of rotatable bonds is 1. The van der Waals surface area contributed by atoms with Crippen molar-refractivity contribution >= 4 is 15.9 Å². The molecule has 2 heteroatoms. The van der Waals surface area contributed by atoms with E-state index in [1.165, 1.54) is 11.1 Å². The first-order valence-electron chi connectivity index (χ1n) is 4.87. The van der Waals surface area contributed by atoms with Crippen molar-refractivity contribution < 1.29 is 0 Å². The Kier molecular flexibility index (Phi) is 2.87. The van der Waals surface area contributed by atoms with Gasteiger partial charge in [0.25, 0.3) is 0 Å². The number of nitrogens with zero attached hydrogens (tertiary/aromatic N) is 1. The van der Waals surface area contributed by atoms with Crippen LogP contribution in [0.4, 0.5) is 0 Å². The molecule has 15 heavy (non-hydrogen) atoms. The Hall–Kier alpha value is -1.15. The SMILES string of the molecule is Cc1ccc(-c2ccc(Br)cc2)c(C)n1. The van der Waals surface area contributed by atoms with Crippen molar-refractivity contribution in [1.82, 2.24) is 4.98 Å². The van der Waals surface area contributed by atoms with Crippen LogP contribution in [0.15, 0.2) is 40.9 Å². The Labute approximate surface area is 98.3 Å². The number of pyridine rings is 1. The number of benzene rings is 1. The molecule has 0 bridgehead atoms. The van der Waals surface area contributed by atoms with E-state index < -0.39 is 0 Å². The van der Waals surface area contributed by atoms with Crippen LogP contribution in [0.1, 0.15) is 11.4 Å². The number of aromatic nitrogens is 1. The van der Waals surface area contributed by atoms with Crippen LogP contribution in [0.5, 0.6) is 0 Å². The molecule has 0 radical (unpaired) electrons. The van der Waals surface area contributed by atoms with Gasteiger partial charge in [0.15, 0.2) is 0 Å². The first-order chi connectivity index (χ1) is 7.16. The van der Waals surface area contributed by atoms with Gasteiger partial charge in [-0.3, -0.25) is 4.98 Å². The summed E-state index contributed by atoms with van der Waals surface area (Å²) in [5.74, 6) is 0. The molecule has 0 saturated heterocycles. The van der Waals surface area contributed by atoms with E-state index in [4.69, 9.17) is 0 Å². The summed E-state index contributed by atoms with van der Waals surface area (Å²) < 4.78 is 1.10. The van der Waals surface area contributed by atoms with E-state index in [9.17, 15) is 0 Å². The maximum absolute atomic E-state index is 4.46. The van der Waals surface area contributed by atoms with E-state index in [0.29, 0.717) is 0 Å². The molecule has 2 rings (SSSR count). The van der Waals surface area contributed by atoms with Gasteiger partial charge < -0.3 is 0 Å². The molecule has 0 unspecified atom stereocenters. The highest BCUT2D eigenvalue weighted by Crippen LogP contribution is 2.23. The van der Waals surface area contributed by atoms with Crippen LogP contribution in [0.3, 0.4) is 0 Å². The molecule has 0 aliphatic heterocycles. The van der Waals surface area contributed by atoms with Gasteiger partial charge in [-0.05, 0) is 37.6 Å². The van der Waals surface area contributed by atoms with Crippen molar-refractivity contribution in [3.05, 3.63) is 52.3 Å². The van der Waals surface area contributed by atoms with Gasteiger partial charge in [-0.2, -0.15) is 0 Å². The van der Waals surface area contributed by atoms with Gasteiger partial charge in [0, 0.05) is 21.4 Å². The van der Waals surface area contributed by atoms with Crippen LogP contribution in [0, 0.1) is 13.8 Å². The molecule has 0 N–H and O–H groups in total. The smallest absolute Gasteiger partial charge is 0.0454 e. The van der Waals surface area contributed by atoms with Gasteiger partial charge in [0.05, 0.1) is 0 Å². The Bertz CT molecular complexity index is 474. The molecular weight excluding hydrogens is 250 g/mol. The highest BCUT2D eigenvalue weighted by atomic mass is 79.9. The van der Waals surface area contributed by atoms with Crippen molar-refractivity contribution in [2.75, 3.05) is 0 Å². The van der Waals surface area contributed by atoms with Gasteiger partial charge in [0.2, 0.25) is 0 Å². The molecule has 2 aromatic rings. The molecule has 1 heterocycles. The summed E-state index contributed by atoms with van der Waals surface area (Å²) >= 11 is 3.43. The fraction of sp³-hybridized carbons (Fsp3) is 0.154. The van der Waals surface area contributed by atoms with E-state index in [1.807, 2.05) is 19.9 Å². The summed E-state index contributed by atoms with van der Waals surface area (Å²) in [5, 5.41) is 0. The molecule has 0 saturated carbocycles. The number of halogens is 1. The van der Waals surface area contributed by atoms with E-state index in [1.54, 1.807) is 0 Å². The third-order valence-corrected chi connectivity index (χ3v) is 2.91. The third-order valence-electron chi connectivity index (χ3n) is 2.38. The van der Waals surface area contributed by atoms with Crippen LogP contribution in [0.25, 0.3) is 11.1 Å². The van der Waals surface area contributed by atoms with Gasteiger partial charge in [0.1, 0.15) is 0 Å². The Morgan fingerprint density at radius 3 is 2.20 bits per heavy atom. The quantitative estimate of drug-likeness (QED) is 0.753. The summed E-state index contributed by atoms with van der Waals surface area (Å²) in [4.78, 5) is 4.46. The maximum Gasteiger partial charge on any atom is 0.0454 e. The standard InChI is InChI=1S/C13H12BrN/c1-9-3-8-13(10(2)15-9)11-4-6-12(14)7-5-11/h3-8H,1-2H3. The minimum atomic E-state index is 1.06.